The molecule has 1 N–H and O–H groups in total. The van der Waals surface area contributed by atoms with Gasteiger partial charge in [-0.1, -0.05) is 6.07 Å². The first-order chi connectivity index (χ1) is 16.4. The fourth-order valence-electron chi connectivity index (χ4n) is 4.40. The maximum absolute atomic E-state index is 12.9. The second-order valence-corrected chi connectivity index (χ2v) is 8.30. The lowest BCUT2D eigenvalue weighted by Crippen LogP contribution is -2.36. The molecule has 180 valence electrons. The molecule has 1 fully saturated rings. The van der Waals surface area contributed by atoms with E-state index in [1.165, 1.54) is 7.11 Å². The van der Waals surface area contributed by atoms with Crippen LogP contribution in [0.3, 0.4) is 0 Å². The Morgan fingerprint density at radius 1 is 1.09 bits per heavy atom. The molecule has 1 aliphatic heterocycles. The van der Waals surface area contributed by atoms with Crippen LogP contribution in [0.1, 0.15) is 25.3 Å². The van der Waals surface area contributed by atoms with E-state index in [-0.39, 0.29) is 17.6 Å². The van der Waals surface area contributed by atoms with Crippen LogP contribution in [-0.4, -0.2) is 49.9 Å². The number of rotatable bonds is 7. The summed E-state index contributed by atoms with van der Waals surface area (Å²) in [6.45, 7) is 3.98. The largest absolute Gasteiger partial charge is 0.507 e. The third-order valence-corrected chi connectivity index (χ3v) is 6.26. The molecule has 0 bridgehead atoms. The van der Waals surface area contributed by atoms with Crippen molar-refractivity contribution in [2.45, 2.75) is 26.3 Å². The quantitative estimate of drug-likeness (QED) is 0.412. The van der Waals surface area contributed by atoms with E-state index in [0.717, 1.165) is 0 Å². The van der Waals surface area contributed by atoms with Gasteiger partial charge in [0.1, 0.15) is 11.3 Å². The predicted molar refractivity (Wildman–Crippen MR) is 127 cm³/mol. The van der Waals surface area contributed by atoms with Gasteiger partial charge >= 0.3 is 11.6 Å². The highest BCUT2D eigenvalue weighted by Gasteiger charge is 2.27. The third kappa shape index (κ3) is 4.72. The Bertz CT molecular complexity index is 1240. The molecule has 1 saturated heterocycles. The molecular weight excluding hydrogens is 438 g/mol. The van der Waals surface area contributed by atoms with Crippen LogP contribution in [0.2, 0.25) is 0 Å². The number of aromatic hydroxyl groups is 1. The maximum Gasteiger partial charge on any atom is 0.344 e. The van der Waals surface area contributed by atoms with Crippen molar-refractivity contribution in [1.82, 2.24) is 4.90 Å². The van der Waals surface area contributed by atoms with Crippen LogP contribution < -0.4 is 15.1 Å². The predicted octanol–water partition coefficient (Wildman–Crippen LogP) is 3.96. The molecule has 2 aromatic carbocycles. The molecule has 2 heterocycles. The van der Waals surface area contributed by atoms with Crippen LogP contribution in [0.25, 0.3) is 22.1 Å². The summed E-state index contributed by atoms with van der Waals surface area (Å²) in [4.78, 5) is 27.1. The van der Waals surface area contributed by atoms with Gasteiger partial charge < -0.3 is 23.7 Å². The number of piperidine rings is 1. The summed E-state index contributed by atoms with van der Waals surface area (Å²) in [6, 6.07) is 10.3. The number of benzene rings is 2. The topological polar surface area (TPSA) is 98.4 Å². The van der Waals surface area contributed by atoms with Crippen molar-refractivity contribution in [3.8, 4) is 28.4 Å². The normalized spacial score (nSPS) is 14.8. The number of esters is 1. The molecule has 0 atom stereocenters. The van der Waals surface area contributed by atoms with Crippen LogP contribution in [0.4, 0.5) is 0 Å². The molecule has 0 saturated carbocycles. The minimum atomic E-state index is -0.507. The van der Waals surface area contributed by atoms with E-state index in [4.69, 9.17) is 18.6 Å². The Labute approximate surface area is 197 Å². The molecule has 0 amide bonds. The van der Waals surface area contributed by atoms with Gasteiger partial charge in [-0.2, -0.15) is 0 Å². The molecule has 0 unspecified atom stereocenters. The van der Waals surface area contributed by atoms with Gasteiger partial charge in [-0.25, -0.2) is 4.79 Å². The van der Waals surface area contributed by atoms with E-state index < -0.39 is 5.63 Å². The highest BCUT2D eigenvalue weighted by Crippen LogP contribution is 2.34. The molecule has 0 radical (unpaired) electrons. The first-order valence-electron chi connectivity index (χ1n) is 11.3. The molecule has 8 nitrogen and oxygen atoms in total. The van der Waals surface area contributed by atoms with E-state index in [1.807, 2.05) is 0 Å². The Kier molecular flexibility index (Phi) is 7.07. The average molecular weight is 468 g/mol. The van der Waals surface area contributed by atoms with Gasteiger partial charge in [0.2, 0.25) is 0 Å². The van der Waals surface area contributed by atoms with Crippen LogP contribution in [0.15, 0.2) is 45.6 Å². The van der Waals surface area contributed by atoms with Gasteiger partial charge in [0.25, 0.3) is 0 Å². The molecule has 1 aliphatic rings. The Hall–Kier alpha value is -3.52. The zero-order valence-electron chi connectivity index (χ0n) is 19.6. The number of hydrogen-bond donors (Lipinski definition) is 1. The number of phenols is 1. The number of carbonyl (C=O) groups is 1. The second kappa shape index (κ2) is 10.2. The molecule has 3 aromatic rings. The van der Waals surface area contributed by atoms with Crippen molar-refractivity contribution in [1.29, 1.82) is 0 Å². The fourth-order valence-corrected chi connectivity index (χ4v) is 4.40. The first-order valence-corrected chi connectivity index (χ1v) is 11.3. The zero-order chi connectivity index (χ0) is 24.2. The Morgan fingerprint density at radius 3 is 2.50 bits per heavy atom. The molecule has 1 aromatic heterocycles. The van der Waals surface area contributed by atoms with Gasteiger partial charge in [-0.05, 0) is 68.8 Å². The number of ether oxygens (including phenoxy) is 3. The summed E-state index contributed by atoms with van der Waals surface area (Å²) in [5.74, 6) is 0.901. The van der Waals surface area contributed by atoms with Gasteiger partial charge in [0.05, 0.1) is 37.9 Å². The lowest BCUT2D eigenvalue weighted by Gasteiger charge is -2.31. The van der Waals surface area contributed by atoms with Gasteiger partial charge in [-0.3, -0.25) is 9.69 Å². The molecule has 0 spiro atoms. The molecule has 34 heavy (non-hydrogen) atoms. The van der Waals surface area contributed by atoms with Crippen molar-refractivity contribution in [2.24, 2.45) is 5.92 Å². The number of fused-ring (bicyclic) bond motifs is 1. The second-order valence-electron chi connectivity index (χ2n) is 8.30. The molecular formula is C26H29NO7. The van der Waals surface area contributed by atoms with Gasteiger partial charge in [-0.15, -0.1) is 0 Å². The number of hydrogen-bond acceptors (Lipinski definition) is 8. The smallest absolute Gasteiger partial charge is 0.344 e. The number of phenolic OH excluding ortho intramolecular Hbond substituents is 1. The summed E-state index contributed by atoms with van der Waals surface area (Å²) in [5.41, 5.74) is 1.45. The lowest BCUT2D eigenvalue weighted by atomic mass is 9.96. The van der Waals surface area contributed by atoms with E-state index in [2.05, 4.69) is 4.90 Å². The Morgan fingerprint density at radius 2 is 1.82 bits per heavy atom. The average Bonchev–Trinajstić information content (AvgIpc) is 2.85. The van der Waals surface area contributed by atoms with Crippen molar-refractivity contribution < 1.29 is 28.5 Å². The van der Waals surface area contributed by atoms with Crippen molar-refractivity contribution in [2.75, 3.05) is 33.9 Å². The molecule has 8 heteroatoms. The van der Waals surface area contributed by atoms with Crippen LogP contribution in [0.5, 0.6) is 17.2 Å². The standard InChI is InChI=1S/C26H29NO7/c1-4-33-25(29)16-9-11-27(12-10-16)15-20-21(28)7-5-18-13-19(26(30)34-24(18)20)17-6-8-22(31-2)23(14-17)32-3/h5-8,13-14,16,28H,4,9-12,15H2,1-3H3. The Balaban J connectivity index is 1.62. The number of carbonyl (C=O) groups excluding carboxylic acids is 1. The van der Waals surface area contributed by atoms with Crippen LogP contribution >= 0.6 is 0 Å². The fraction of sp³-hybridized carbons (Fsp3) is 0.385. The summed E-state index contributed by atoms with van der Waals surface area (Å²) in [6.07, 6.45) is 1.38. The number of nitrogens with zero attached hydrogens (tertiary/aromatic N) is 1. The van der Waals surface area contributed by atoms with Crippen molar-refractivity contribution in [3.63, 3.8) is 0 Å². The maximum atomic E-state index is 12.9. The van der Waals surface area contributed by atoms with Gasteiger partial charge in [0.15, 0.2) is 11.5 Å². The monoisotopic (exact) mass is 467 g/mol. The summed E-state index contributed by atoms with van der Waals surface area (Å²) in [5, 5.41) is 11.3. The molecule has 4 rings (SSSR count). The van der Waals surface area contributed by atoms with Gasteiger partial charge in [0, 0.05) is 11.9 Å². The first kappa shape index (κ1) is 23.6. The van der Waals surface area contributed by atoms with E-state index in [0.29, 0.717) is 78.2 Å². The zero-order valence-corrected chi connectivity index (χ0v) is 19.6. The number of likely N-dealkylation sites (tertiary alicyclic amines) is 1. The van der Waals surface area contributed by atoms with Crippen LogP contribution in [-0.2, 0) is 16.1 Å². The minimum Gasteiger partial charge on any atom is -0.507 e. The van der Waals surface area contributed by atoms with E-state index >= 15 is 0 Å². The number of methoxy groups -OCH3 is 2. The summed E-state index contributed by atoms with van der Waals surface area (Å²) >= 11 is 0. The highest BCUT2D eigenvalue weighted by molar-refractivity contribution is 5.86. The minimum absolute atomic E-state index is 0.0713. The third-order valence-electron chi connectivity index (χ3n) is 6.26. The highest BCUT2D eigenvalue weighted by atomic mass is 16.5. The summed E-state index contributed by atoms with van der Waals surface area (Å²) < 4.78 is 21.5. The van der Waals surface area contributed by atoms with Crippen molar-refractivity contribution in [3.05, 3.63) is 52.4 Å². The summed E-state index contributed by atoms with van der Waals surface area (Å²) in [7, 11) is 3.09. The van der Waals surface area contributed by atoms with E-state index in [9.17, 15) is 14.7 Å². The van der Waals surface area contributed by atoms with Crippen LogP contribution in [0, 0.1) is 5.92 Å². The SMILES string of the molecule is CCOC(=O)C1CCN(Cc2c(O)ccc3cc(-c4ccc(OC)c(OC)c4)c(=O)oc23)CC1. The lowest BCUT2D eigenvalue weighted by molar-refractivity contribution is -0.149. The van der Waals surface area contributed by atoms with E-state index in [1.54, 1.807) is 50.4 Å². The molecule has 0 aliphatic carbocycles. The van der Waals surface area contributed by atoms with Crippen molar-refractivity contribution >= 4 is 16.9 Å².